The van der Waals surface area contributed by atoms with Gasteiger partial charge in [0.25, 0.3) is 0 Å². The lowest BCUT2D eigenvalue weighted by atomic mass is 10.1. The molecule has 82 valence electrons. The lowest BCUT2D eigenvalue weighted by Crippen LogP contribution is -1.96. The Hall–Kier alpha value is -1.50. The number of hydrogen-bond acceptors (Lipinski definition) is 3. The molecule has 1 rings (SSSR count). The van der Waals surface area contributed by atoms with E-state index in [1.807, 2.05) is 6.07 Å². The van der Waals surface area contributed by atoms with E-state index in [2.05, 4.69) is 4.74 Å². The van der Waals surface area contributed by atoms with Crippen molar-refractivity contribution in [3.05, 3.63) is 39.9 Å². The van der Waals surface area contributed by atoms with Crippen molar-refractivity contribution < 1.29 is 9.53 Å². The van der Waals surface area contributed by atoms with Crippen molar-refractivity contribution in [2.24, 2.45) is 0 Å². The number of esters is 1. The molecule has 0 saturated carbocycles. The number of carbonyl (C=O) groups is 1. The molecule has 3 nitrogen and oxygen atoms in total. The molecule has 0 spiro atoms. The number of hydrogen-bond donors (Lipinski definition) is 0. The molecular formula is C11H7Cl2NO2. The molecule has 0 aromatic heterocycles. The van der Waals surface area contributed by atoms with Gasteiger partial charge in [0.1, 0.15) is 6.07 Å². The van der Waals surface area contributed by atoms with Gasteiger partial charge in [-0.05, 0) is 23.8 Å². The molecule has 0 N–H and O–H groups in total. The van der Waals surface area contributed by atoms with Gasteiger partial charge in [0.15, 0.2) is 0 Å². The Morgan fingerprint density at radius 1 is 1.38 bits per heavy atom. The third-order valence-corrected chi connectivity index (χ3v) is 2.19. The number of allylic oxidation sites excluding steroid dienone is 1. The van der Waals surface area contributed by atoms with Crippen LogP contribution in [0.2, 0.25) is 10.0 Å². The predicted octanol–water partition coefficient (Wildman–Crippen LogP) is 3.07. The first-order valence-corrected chi connectivity index (χ1v) is 4.98. The van der Waals surface area contributed by atoms with Crippen molar-refractivity contribution in [2.75, 3.05) is 7.11 Å². The second-order valence-corrected chi connectivity index (χ2v) is 3.72. The summed E-state index contributed by atoms with van der Waals surface area (Å²) in [7, 11) is 1.23. The van der Waals surface area contributed by atoms with Crippen molar-refractivity contribution >= 4 is 34.7 Å². The number of carbonyl (C=O) groups excluding carboxylic acids is 1. The predicted molar refractivity (Wildman–Crippen MR) is 62.1 cm³/mol. The zero-order valence-electron chi connectivity index (χ0n) is 8.33. The standard InChI is InChI=1S/C11H7Cl2NO2/c1-16-11(15)4-8(6-14)7-2-9(12)5-10(13)3-7/h2-5H,1H3/b8-4+. The zero-order valence-corrected chi connectivity index (χ0v) is 9.84. The molecule has 0 fully saturated rings. The average Bonchev–Trinajstić information content (AvgIpc) is 2.24. The average molecular weight is 256 g/mol. The largest absolute Gasteiger partial charge is 0.466 e. The highest BCUT2D eigenvalue weighted by atomic mass is 35.5. The molecule has 0 bridgehead atoms. The van der Waals surface area contributed by atoms with E-state index >= 15 is 0 Å². The van der Waals surface area contributed by atoms with Crippen LogP contribution >= 0.6 is 23.2 Å². The summed E-state index contributed by atoms with van der Waals surface area (Å²) in [6.45, 7) is 0. The molecule has 0 radical (unpaired) electrons. The van der Waals surface area contributed by atoms with E-state index in [1.54, 1.807) is 18.2 Å². The van der Waals surface area contributed by atoms with Gasteiger partial charge < -0.3 is 4.74 Å². The molecule has 0 heterocycles. The van der Waals surface area contributed by atoms with Crippen LogP contribution in [-0.4, -0.2) is 13.1 Å². The molecule has 5 heteroatoms. The Bertz CT molecular complexity index is 469. The van der Waals surface area contributed by atoms with E-state index in [-0.39, 0.29) is 5.57 Å². The monoisotopic (exact) mass is 255 g/mol. The highest BCUT2D eigenvalue weighted by Crippen LogP contribution is 2.23. The van der Waals surface area contributed by atoms with Gasteiger partial charge in [0, 0.05) is 16.1 Å². The molecule has 1 aromatic carbocycles. The molecular weight excluding hydrogens is 249 g/mol. The van der Waals surface area contributed by atoms with Crippen LogP contribution in [0.3, 0.4) is 0 Å². The zero-order chi connectivity index (χ0) is 12.1. The summed E-state index contributed by atoms with van der Waals surface area (Å²) in [5.74, 6) is -0.604. The highest BCUT2D eigenvalue weighted by molar-refractivity contribution is 6.35. The van der Waals surface area contributed by atoms with Gasteiger partial charge in [0.2, 0.25) is 0 Å². The van der Waals surface area contributed by atoms with Crippen LogP contribution in [-0.2, 0) is 9.53 Å². The van der Waals surface area contributed by atoms with E-state index in [0.717, 1.165) is 6.08 Å². The quantitative estimate of drug-likeness (QED) is 0.464. The van der Waals surface area contributed by atoms with Gasteiger partial charge in [0.05, 0.1) is 12.7 Å². The second-order valence-electron chi connectivity index (χ2n) is 2.85. The molecule has 0 saturated heterocycles. The third kappa shape index (κ3) is 3.27. The number of rotatable bonds is 2. The summed E-state index contributed by atoms with van der Waals surface area (Å²) < 4.78 is 4.43. The Morgan fingerprint density at radius 3 is 2.38 bits per heavy atom. The fourth-order valence-electron chi connectivity index (χ4n) is 1.07. The second kappa shape index (κ2) is 5.55. The Labute approximate surface area is 103 Å². The molecule has 0 aliphatic rings. The van der Waals surface area contributed by atoms with Gasteiger partial charge in [-0.3, -0.25) is 0 Å². The number of benzene rings is 1. The summed E-state index contributed by atoms with van der Waals surface area (Å²) in [6.07, 6.45) is 1.09. The maximum absolute atomic E-state index is 11.0. The van der Waals surface area contributed by atoms with Crippen LogP contribution in [0.25, 0.3) is 5.57 Å². The van der Waals surface area contributed by atoms with Crippen molar-refractivity contribution in [2.45, 2.75) is 0 Å². The first-order valence-electron chi connectivity index (χ1n) is 4.23. The Balaban J connectivity index is 3.20. The molecule has 0 aliphatic carbocycles. The van der Waals surface area contributed by atoms with Gasteiger partial charge in [-0.1, -0.05) is 23.2 Å². The van der Waals surface area contributed by atoms with Crippen molar-refractivity contribution in [3.8, 4) is 6.07 Å². The van der Waals surface area contributed by atoms with Gasteiger partial charge in [-0.2, -0.15) is 5.26 Å². The van der Waals surface area contributed by atoms with Crippen LogP contribution in [0, 0.1) is 11.3 Å². The van der Waals surface area contributed by atoms with Crippen LogP contribution in [0.4, 0.5) is 0 Å². The van der Waals surface area contributed by atoms with Crippen LogP contribution < -0.4 is 0 Å². The summed E-state index contributed by atoms with van der Waals surface area (Å²) in [5.41, 5.74) is 0.627. The van der Waals surface area contributed by atoms with E-state index < -0.39 is 5.97 Å². The molecule has 0 unspecified atom stereocenters. The van der Waals surface area contributed by atoms with E-state index in [4.69, 9.17) is 28.5 Å². The Morgan fingerprint density at radius 2 is 1.94 bits per heavy atom. The maximum Gasteiger partial charge on any atom is 0.331 e. The Kier molecular flexibility index (Phi) is 4.36. The molecule has 0 amide bonds. The van der Waals surface area contributed by atoms with Gasteiger partial charge >= 0.3 is 5.97 Å². The van der Waals surface area contributed by atoms with Gasteiger partial charge in [-0.25, -0.2) is 4.79 Å². The fraction of sp³-hybridized carbons (Fsp3) is 0.0909. The SMILES string of the molecule is COC(=O)/C=C(\C#N)c1cc(Cl)cc(Cl)c1. The lowest BCUT2D eigenvalue weighted by Gasteiger charge is -2.01. The number of nitriles is 1. The molecule has 1 aromatic rings. The van der Waals surface area contributed by atoms with Gasteiger partial charge in [-0.15, -0.1) is 0 Å². The third-order valence-electron chi connectivity index (χ3n) is 1.76. The lowest BCUT2D eigenvalue weighted by molar-refractivity contribution is -0.134. The summed E-state index contributed by atoms with van der Waals surface area (Å²) in [4.78, 5) is 11.0. The number of nitrogens with zero attached hydrogens (tertiary/aromatic N) is 1. The van der Waals surface area contributed by atoms with E-state index in [1.165, 1.54) is 7.11 Å². The van der Waals surface area contributed by atoms with Crippen molar-refractivity contribution in [1.29, 1.82) is 5.26 Å². The van der Waals surface area contributed by atoms with E-state index in [9.17, 15) is 4.79 Å². The minimum Gasteiger partial charge on any atom is -0.466 e. The number of methoxy groups -OCH3 is 1. The highest BCUT2D eigenvalue weighted by Gasteiger charge is 2.06. The van der Waals surface area contributed by atoms with Crippen molar-refractivity contribution in [1.82, 2.24) is 0 Å². The van der Waals surface area contributed by atoms with Crippen LogP contribution in [0.15, 0.2) is 24.3 Å². The normalized spacial score (nSPS) is 10.8. The van der Waals surface area contributed by atoms with Crippen LogP contribution in [0.5, 0.6) is 0 Å². The number of ether oxygens (including phenoxy) is 1. The minimum absolute atomic E-state index is 0.149. The van der Waals surface area contributed by atoms with Crippen LogP contribution in [0.1, 0.15) is 5.56 Å². The fourth-order valence-corrected chi connectivity index (χ4v) is 1.59. The topological polar surface area (TPSA) is 50.1 Å². The van der Waals surface area contributed by atoms with E-state index in [0.29, 0.717) is 15.6 Å². The summed E-state index contributed by atoms with van der Waals surface area (Å²) in [5, 5.41) is 9.69. The first-order chi connectivity index (χ1) is 7.56. The number of halogens is 2. The molecule has 0 atom stereocenters. The maximum atomic E-state index is 11.0. The minimum atomic E-state index is -0.604. The smallest absolute Gasteiger partial charge is 0.331 e. The van der Waals surface area contributed by atoms with Crippen molar-refractivity contribution in [3.63, 3.8) is 0 Å². The first kappa shape index (κ1) is 12.6. The summed E-state index contributed by atoms with van der Waals surface area (Å²) >= 11 is 11.6. The molecule has 16 heavy (non-hydrogen) atoms. The summed E-state index contributed by atoms with van der Waals surface area (Å²) in [6, 6.07) is 6.52. The molecule has 0 aliphatic heterocycles.